The second-order valence-electron chi connectivity index (χ2n) is 5.02. The van der Waals surface area contributed by atoms with Crippen molar-refractivity contribution in [3.63, 3.8) is 0 Å². The lowest BCUT2D eigenvalue weighted by Crippen LogP contribution is -2.20. The molecule has 1 amide bonds. The summed E-state index contributed by atoms with van der Waals surface area (Å²) in [6.45, 7) is -0.145. The van der Waals surface area contributed by atoms with Crippen molar-refractivity contribution < 1.29 is 9.53 Å². The number of nitrogen functional groups attached to an aromatic ring is 1. The lowest BCUT2D eigenvalue weighted by Gasteiger charge is -2.10. The fourth-order valence-electron chi connectivity index (χ4n) is 2.22. The van der Waals surface area contributed by atoms with Crippen molar-refractivity contribution in [1.29, 1.82) is 0 Å². The molecule has 0 aliphatic carbocycles. The van der Waals surface area contributed by atoms with E-state index in [1.54, 1.807) is 36.4 Å². The van der Waals surface area contributed by atoms with Crippen LogP contribution in [0.3, 0.4) is 0 Å². The number of amides is 1. The van der Waals surface area contributed by atoms with Crippen LogP contribution in [0.25, 0.3) is 10.9 Å². The van der Waals surface area contributed by atoms with E-state index in [1.165, 1.54) is 0 Å². The Morgan fingerprint density at radius 3 is 2.79 bits per heavy atom. The van der Waals surface area contributed by atoms with Crippen molar-refractivity contribution in [2.45, 2.75) is 0 Å². The van der Waals surface area contributed by atoms with Gasteiger partial charge in [-0.3, -0.25) is 4.79 Å². The number of rotatable bonds is 5. The summed E-state index contributed by atoms with van der Waals surface area (Å²) in [5, 5.41) is 4.16. The van der Waals surface area contributed by atoms with Gasteiger partial charge >= 0.3 is 0 Å². The maximum Gasteiger partial charge on any atom is 0.262 e. The van der Waals surface area contributed by atoms with Crippen LogP contribution >= 0.6 is 11.6 Å². The number of benzene rings is 2. The molecule has 0 saturated heterocycles. The first kappa shape index (κ1) is 16.0. The molecule has 0 spiro atoms. The van der Waals surface area contributed by atoms with E-state index >= 15 is 0 Å². The van der Waals surface area contributed by atoms with Crippen LogP contribution in [-0.2, 0) is 4.79 Å². The predicted octanol–water partition coefficient (Wildman–Crippen LogP) is 3.19. The molecule has 3 aromatic rings. The molecule has 6 nitrogen and oxygen atoms in total. The first-order chi connectivity index (χ1) is 11.7. The van der Waals surface area contributed by atoms with Gasteiger partial charge in [-0.25, -0.2) is 10.8 Å². The van der Waals surface area contributed by atoms with E-state index in [9.17, 15) is 4.79 Å². The number of pyridine rings is 1. The van der Waals surface area contributed by atoms with Crippen LogP contribution in [0, 0.1) is 0 Å². The van der Waals surface area contributed by atoms with Gasteiger partial charge in [-0.05, 0) is 36.4 Å². The normalized spacial score (nSPS) is 10.4. The van der Waals surface area contributed by atoms with Crippen molar-refractivity contribution in [1.82, 2.24) is 4.98 Å². The number of nitrogens with zero attached hydrogens (tertiary/aromatic N) is 1. The summed E-state index contributed by atoms with van der Waals surface area (Å²) in [5.74, 6) is 6.11. The zero-order valence-electron chi connectivity index (χ0n) is 12.6. The van der Waals surface area contributed by atoms with Gasteiger partial charge in [0.25, 0.3) is 5.91 Å². The number of carbonyl (C=O) groups excluding carboxylic acids is 1. The second-order valence-corrected chi connectivity index (χ2v) is 5.45. The molecule has 0 atom stereocenters. The Labute approximate surface area is 143 Å². The highest BCUT2D eigenvalue weighted by Gasteiger charge is 2.08. The van der Waals surface area contributed by atoms with Crippen LogP contribution in [0.5, 0.6) is 5.75 Å². The summed E-state index contributed by atoms with van der Waals surface area (Å²) in [4.78, 5) is 16.4. The molecule has 0 saturated carbocycles. The van der Waals surface area contributed by atoms with Crippen molar-refractivity contribution >= 4 is 39.9 Å². The highest BCUT2D eigenvalue weighted by atomic mass is 35.5. The quantitative estimate of drug-likeness (QED) is 0.489. The number of nitrogens with two attached hydrogens (primary N) is 1. The Balaban J connectivity index is 1.72. The molecular weight excluding hydrogens is 328 g/mol. The van der Waals surface area contributed by atoms with Crippen LogP contribution < -0.4 is 21.3 Å². The first-order valence-electron chi connectivity index (χ1n) is 7.20. The molecule has 4 N–H and O–H groups in total. The number of para-hydroxylation sites is 1. The fourth-order valence-corrected chi connectivity index (χ4v) is 2.41. The maximum absolute atomic E-state index is 12.0. The Kier molecular flexibility index (Phi) is 4.79. The van der Waals surface area contributed by atoms with Gasteiger partial charge in [-0.1, -0.05) is 29.8 Å². The summed E-state index contributed by atoms with van der Waals surface area (Å²) in [6, 6.07) is 16.0. The van der Waals surface area contributed by atoms with E-state index in [-0.39, 0.29) is 12.5 Å². The number of fused-ring (bicyclic) bond motifs is 1. The predicted molar refractivity (Wildman–Crippen MR) is 95.1 cm³/mol. The van der Waals surface area contributed by atoms with Crippen LogP contribution in [0.4, 0.5) is 11.5 Å². The topological polar surface area (TPSA) is 89.3 Å². The van der Waals surface area contributed by atoms with Crippen molar-refractivity contribution in [3.8, 4) is 5.75 Å². The van der Waals surface area contributed by atoms with E-state index in [0.29, 0.717) is 27.8 Å². The van der Waals surface area contributed by atoms with Gasteiger partial charge in [-0.2, -0.15) is 0 Å². The number of aromatic nitrogens is 1. The largest absolute Gasteiger partial charge is 0.481 e. The van der Waals surface area contributed by atoms with Gasteiger partial charge in [0.1, 0.15) is 17.1 Å². The highest BCUT2D eigenvalue weighted by molar-refractivity contribution is 6.30. The van der Waals surface area contributed by atoms with E-state index in [1.807, 2.05) is 18.2 Å². The molecule has 7 heteroatoms. The van der Waals surface area contributed by atoms with Crippen molar-refractivity contribution in [3.05, 3.63) is 59.6 Å². The van der Waals surface area contributed by atoms with Crippen LogP contribution in [0.2, 0.25) is 5.02 Å². The van der Waals surface area contributed by atoms with Gasteiger partial charge in [-0.15, -0.1) is 0 Å². The van der Waals surface area contributed by atoms with Gasteiger partial charge in [0.2, 0.25) is 0 Å². The first-order valence-corrected chi connectivity index (χ1v) is 7.58. The van der Waals surface area contributed by atoms with Crippen molar-refractivity contribution in [2.24, 2.45) is 5.84 Å². The lowest BCUT2D eigenvalue weighted by molar-refractivity contribution is -0.118. The monoisotopic (exact) mass is 342 g/mol. The third-order valence-electron chi connectivity index (χ3n) is 3.30. The third kappa shape index (κ3) is 3.73. The summed E-state index contributed by atoms with van der Waals surface area (Å²) < 4.78 is 5.61. The Morgan fingerprint density at radius 2 is 2.00 bits per heavy atom. The Hall–Kier alpha value is -2.83. The molecule has 0 fully saturated rings. The molecule has 122 valence electrons. The molecular formula is C17H15ClN4O2. The summed E-state index contributed by atoms with van der Waals surface area (Å²) in [6.07, 6.45) is 0. The lowest BCUT2D eigenvalue weighted by atomic mass is 10.2. The number of ether oxygens (including phenoxy) is 1. The average Bonchev–Trinajstić information content (AvgIpc) is 2.59. The number of anilines is 2. The maximum atomic E-state index is 12.0. The molecule has 0 radical (unpaired) electrons. The molecule has 3 rings (SSSR count). The van der Waals surface area contributed by atoms with Crippen molar-refractivity contribution in [2.75, 3.05) is 17.3 Å². The molecule has 1 heterocycles. The van der Waals surface area contributed by atoms with E-state index in [2.05, 4.69) is 15.7 Å². The number of halogens is 1. The number of hydrazine groups is 1. The molecule has 1 aromatic heterocycles. The molecule has 2 aromatic carbocycles. The second kappa shape index (κ2) is 7.16. The standard InChI is InChI=1S/C17H15ClN4O2/c18-12-4-2-5-13(9-12)20-16(23)10-24-14-6-1-3-11-7-8-15(22-19)21-17(11)14/h1-9H,10,19H2,(H,20,23)(H,21,22). The summed E-state index contributed by atoms with van der Waals surface area (Å²) in [5.41, 5.74) is 3.73. The van der Waals surface area contributed by atoms with E-state index < -0.39 is 0 Å². The van der Waals surface area contributed by atoms with Gasteiger partial charge in [0.15, 0.2) is 6.61 Å². The van der Waals surface area contributed by atoms with Crippen LogP contribution in [-0.4, -0.2) is 17.5 Å². The third-order valence-corrected chi connectivity index (χ3v) is 3.53. The highest BCUT2D eigenvalue weighted by Crippen LogP contribution is 2.25. The van der Waals surface area contributed by atoms with E-state index in [0.717, 1.165) is 5.39 Å². The van der Waals surface area contributed by atoms with Gasteiger partial charge < -0.3 is 15.5 Å². The van der Waals surface area contributed by atoms with Gasteiger partial charge in [0.05, 0.1) is 0 Å². The minimum Gasteiger partial charge on any atom is -0.481 e. The number of nitrogens with one attached hydrogen (secondary N) is 2. The zero-order valence-corrected chi connectivity index (χ0v) is 13.4. The molecule has 0 aliphatic heterocycles. The Morgan fingerprint density at radius 1 is 1.17 bits per heavy atom. The fraction of sp³-hybridized carbons (Fsp3) is 0.0588. The number of carbonyl (C=O) groups is 1. The minimum atomic E-state index is -0.289. The average molecular weight is 343 g/mol. The zero-order chi connectivity index (χ0) is 16.9. The summed E-state index contributed by atoms with van der Waals surface area (Å²) in [7, 11) is 0. The number of hydrogen-bond acceptors (Lipinski definition) is 5. The summed E-state index contributed by atoms with van der Waals surface area (Å²) >= 11 is 5.89. The van der Waals surface area contributed by atoms with E-state index in [4.69, 9.17) is 22.2 Å². The molecule has 0 unspecified atom stereocenters. The van der Waals surface area contributed by atoms with Crippen LogP contribution in [0.15, 0.2) is 54.6 Å². The number of hydrogen-bond donors (Lipinski definition) is 3. The SMILES string of the molecule is NNc1ccc2cccc(OCC(=O)Nc3cccc(Cl)c3)c2n1. The van der Waals surface area contributed by atoms with Crippen LogP contribution in [0.1, 0.15) is 0 Å². The Bertz CT molecular complexity index is 885. The molecule has 0 aliphatic rings. The smallest absolute Gasteiger partial charge is 0.262 e. The minimum absolute atomic E-state index is 0.145. The molecule has 24 heavy (non-hydrogen) atoms. The van der Waals surface area contributed by atoms with Gasteiger partial charge in [0, 0.05) is 16.1 Å². The molecule has 0 bridgehead atoms.